The van der Waals surface area contributed by atoms with Crippen molar-refractivity contribution >= 4 is 6.03 Å². The van der Waals surface area contributed by atoms with E-state index in [-0.39, 0.29) is 6.03 Å². The van der Waals surface area contributed by atoms with Gasteiger partial charge >= 0.3 is 6.03 Å². The molecule has 2 heterocycles. The summed E-state index contributed by atoms with van der Waals surface area (Å²) >= 11 is 0. The molecule has 2 aliphatic heterocycles. The second-order valence-corrected chi connectivity index (χ2v) is 5.48. The Morgan fingerprint density at radius 2 is 1.76 bits per heavy atom. The fourth-order valence-electron chi connectivity index (χ4n) is 3.28. The first-order valence-corrected chi connectivity index (χ1v) is 6.99. The topological polar surface area (TPSA) is 32.8 Å². The van der Waals surface area contributed by atoms with E-state index in [9.17, 15) is 4.79 Å². The van der Waals surface area contributed by atoms with Gasteiger partial charge in [-0.3, -0.25) is 0 Å². The van der Waals surface area contributed by atoms with Crippen LogP contribution in [-0.4, -0.2) is 54.7 Å². The monoisotopic (exact) mass is 238 g/mol. The molecule has 4 heteroatoms. The van der Waals surface area contributed by atoms with Crippen molar-refractivity contribution in [2.45, 2.75) is 38.1 Å². The van der Waals surface area contributed by atoms with E-state index in [0.717, 1.165) is 25.6 Å². The zero-order valence-electron chi connectivity index (χ0n) is 10.4. The predicted molar refractivity (Wildman–Crippen MR) is 64.9 cm³/mol. The number of urea groups is 1. The molecule has 0 aromatic carbocycles. The molecule has 96 valence electrons. The van der Waals surface area contributed by atoms with E-state index in [2.05, 4.69) is 4.90 Å². The summed E-state index contributed by atoms with van der Waals surface area (Å²) in [5.74, 6) is 0.794. The maximum atomic E-state index is 12.5. The highest BCUT2D eigenvalue weighted by Gasteiger charge is 2.38. The number of nitrogens with zero attached hydrogens (tertiary/aromatic N) is 2. The lowest BCUT2D eigenvalue weighted by atomic mass is 9.79. The molecule has 0 N–H and O–H groups in total. The zero-order chi connectivity index (χ0) is 11.7. The molecular formula is C13H22N2O2. The van der Waals surface area contributed by atoms with Crippen LogP contribution in [0.1, 0.15) is 32.1 Å². The summed E-state index contributed by atoms with van der Waals surface area (Å²) in [6.07, 6.45) is 6.44. The van der Waals surface area contributed by atoms with Crippen molar-refractivity contribution in [1.29, 1.82) is 0 Å². The maximum absolute atomic E-state index is 12.5. The van der Waals surface area contributed by atoms with Crippen LogP contribution in [0, 0.1) is 5.92 Å². The number of hydrogen-bond acceptors (Lipinski definition) is 2. The van der Waals surface area contributed by atoms with Crippen LogP contribution in [0.25, 0.3) is 0 Å². The SMILES string of the molecule is O=C(N1CCOCC1)N1CCCC1C1CCC1. The van der Waals surface area contributed by atoms with E-state index in [4.69, 9.17) is 4.74 Å². The van der Waals surface area contributed by atoms with Crippen molar-refractivity contribution in [3.63, 3.8) is 0 Å². The zero-order valence-corrected chi connectivity index (χ0v) is 10.4. The van der Waals surface area contributed by atoms with Crippen LogP contribution in [0.2, 0.25) is 0 Å². The third-order valence-corrected chi connectivity index (χ3v) is 4.52. The minimum absolute atomic E-state index is 0.266. The van der Waals surface area contributed by atoms with Crippen LogP contribution < -0.4 is 0 Å². The van der Waals surface area contributed by atoms with Crippen molar-refractivity contribution in [1.82, 2.24) is 9.80 Å². The molecule has 1 unspecified atom stereocenters. The smallest absolute Gasteiger partial charge is 0.320 e. The summed E-state index contributed by atoms with van der Waals surface area (Å²) in [6.45, 7) is 3.91. The van der Waals surface area contributed by atoms with Crippen LogP contribution >= 0.6 is 0 Å². The second kappa shape index (κ2) is 4.84. The van der Waals surface area contributed by atoms with E-state index in [1.807, 2.05) is 4.90 Å². The predicted octanol–water partition coefficient (Wildman–Crippen LogP) is 1.70. The fraction of sp³-hybridized carbons (Fsp3) is 0.923. The molecule has 2 amide bonds. The van der Waals surface area contributed by atoms with Crippen molar-refractivity contribution in [3.8, 4) is 0 Å². The average Bonchev–Trinajstić information content (AvgIpc) is 2.76. The third kappa shape index (κ3) is 2.15. The van der Waals surface area contributed by atoms with Gasteiger partial charge in [-0.05, 0) is 31.6 Å². The standard InChI is InChI=1S/C13H22N2O2/c16-13(14-7-9-17-10-8-14)15-6-2-5-12(15)11-3-1-4-11/h11-12H,1-10H2. The fourth-order valence-corrected chi connectivity index (χ4v) is 3.28. The van der Waals surface area contributed by atoms with Crippen molar-refractivity contribution < 1.29 is 9.53 Å². The van der Waals surface area contributed by atoms with E-state index < -0.39 is 0 Å². The van der Waals surface area contributed by atoms with Gasteiger partial charge in [0.1, 0.15) is 0 Å². The Balaban J connectivity index is 1.62. The Morgan fingerprint density at radius 1 is 1.00 bits per heavy atom. The van der Waals surface area contributed by atoms with Gasteiger partial charge in [0.25, 0.3) is 0 Å². The minimum Gasteiger partial charge on any atom is -0.378 e. The minimum atomic E-state index is 0.266. The first-order chi connectivity index (χ1) is 8.36. The highest BCUT2D eigenvalue weighted by Crippen LogP contribution is 2.37. The molecule has 0 spiro atoms. The van der Waals surface area contributed by atoms with Crippen molar-refractivity contribution in [2.24, 2.45) is 5.92 Å². The molecule has 3 fully saturated rings. The molecule has 0 aromatic rings. The Hall–Kier alpha value is -0.770. The number of likely N-dealkylation sites (tertiary alicyclic amines) is 1. The van der Waals surface area contributed by atoms with Gasteiger partial charge in [0.15, 0.2) is 0 Å². The largest absolute Gasteiger partial charge is 0.378 e. The molecule has 1 saturated carbocycles. The summed E-state index contributed by atoms with van der Waals surface area (Å²) in [4.78, 5) is 16.6. The molecular weight excluding hydrogens is 216 g/mol. The molecule has 2 saturated heterocycles. The van der Waals surface area contributed by atoms with Crippen molar-refractivity contribution in [3.05, 3.63) is 0 Å². The highest BCUT2D eigenvalue weighted by molar-refractivity contribution is 5.75. The molecule has 0 radical (unpaired) electrons. The van der Waals surface area contributed by atoms with Crippen LogP contribution in [-0.2, 0) is 4.74 Å². The molecule has 17 heavy (non-hydrogen) atoms. The van der Waals surface area contributed by atoms with Gasteiger partial charge in [0, 0.05) is 25.7 Å². The lowest BCUT2D eigenvalue weighted by Gasteiger charge is -2.39. The van der Waals surface area contributed by atoms with Gasteiger partial charge in [-0.15, -0.1) is 0 Å². The van der Waals surface area contributed by atoms with Crippen LogP contribution in [0.4, 0.5) is 4.79 Å². The molecule has 0 aromatic heterocycles. The van der Waals surface area contributed by atoms with Crippen molar-refractivity contribution in [2.75, 3.05) is 32.8 Å². The summed E-state index contributed by atoms with van der Waals surface area (Å²) in [6, 6.07) is 0.807. The van der Waals surface area contributed by atoms with E-state index in [1.165, 1.54) is 32.1 Å². The number of morpholine rings is 1. The molecule has 1 aliphatic carbocycles. The summed E-state index contributed by atoms with van der Waals surface area (Å²) < 4.78 is 5.31. The van der Waals surface area contributed by atoms with Gasteiger partial charge in [0.2, 0.25) is 0 Å². The summed E-state index contributed by atoms with van der Waals surface area (Å²) in [7, 11) is 0. The van der Waals surface area contributed by atoms with Gasteiger partial charge in [0.05, 0.1) is 13.2 Å². The third-order valence-electron chi connectivity index (χ3n) is 4.52. The van der Waals surface area contributed by atoms with Crippen LogP contribution in [0.15, 0.2) is 0 Å². The molecule has 3 aliphatic rings. The normalized spacial score (nSPS) is 30.5. The molecule has 4 nitrogen and oxygen atoms in total. The van der Waals surface area contributed by atoms with Gasteiger partial charge in [-0.1, -0.05) is 6.42 Å². The van der Waals surface area contributed by atoms with Gasteiger partial charge < -0.3 is 14.5 Å². The molecule has 1 atom stereocenters. The Labute approximate surface area is 103 Å². The number of hydrogen-bond donors (Lipinski definition) is 0. The second-order valence-electron chi connectivity index (χ2n) is 5.48. The van der Waals surface area contributed by atoms with Gasteiger partial charge in [-0.2, -0.15) is 0 Å². The highest BCUT2D eigenvalue weighted by atomic mass is 16.5. The van der Waals surface area contributed by atoms with E-state index in [1.54, 1.807) is 0 Å². The lowest BCUT2D eigenvalue weighted by Crippen LogP contribution is -2.51. The van der Waals surface area contributed by atoms with Gasteiger partial charge in [-0.25, -0.2) is 4.79 Å². The first kappa shape index (κ1) is 11.3. The molecule has 0 bridgehead atoms. The number of carbonyl (C=O) groups is 1. The summed E-state index contributed by atoms with van der Waals surface area (Å²) in [5, 5.41) is 0. The number of rotatable bonds is 1. The summed E-state index contributed by atoms with van der Waals surface area (Å²) in [5.41, 5.74) is 0. The number of ether oxygens (including phenoxy) is 1. The van der Waals surface area contributed by atoms with E-state index in [0.29, 0.717) is 19.3 Å². The maximum Gasteiger partial charge on any atom is 0.320 e. The van der Waals surface area contributed by atoms with E-state index >= 15 is 0 Å². The average molecular weight is 238 g/mol. The first-order valence-electron chi connectivity index (χ1n) is 6.99. The number of carbonyl (C=O) groups excluding carboxylic acids is 1. The van der Waals surface area contributed by atoms with Crippen LogP contribution in [0.5, 0.6) is 0 Å². The Morgan fingerprint density at radius 3 is 2.41 bits per heavy atom. The van der Waals surface area contributed by atoms with Crippen LogP contribution in [0.3, 0.4) is 0 Å². The Bertz CT molecular complexity index is 285. The quantitative estimate of drug-likeness (QED) is 0.696. The number of amides is 2. The molecule has 3 rings (SSSR count). The lowest BCUT2D eigenvalue weighted by molar-refractivity contribution is 0.0369. The Kier molecular flexibility index (Phi) is 3.23.